The summed E-state index contributed by atoms with van der Waals surface area (Å²) < 4.78 is 7.76. The fourth-order valence-electron chi connectivity index (χ4n) is 4.67. The van der Waals surface area contributed by atoms with Gasteiger partial charge in [0.15, 0.2) is 0 Å². The number of aromatic nitrogens is 4. The van der Waals surface area contributed by atoms with Crippen LogP contribution in [0.1, 0.15) is 22.6 Å². The molecule has 0 saturated heterocycles. The fraction of sp³-hybridized carbons (Fsp3) is 0.0370. The van der Waals surface area contributed by atoms with Crippen LogP contribution in [0.25, 0.3) is 11.4 Å². The minimum atomic E-state index is -1.17. The Bertz CT molecular complexity index is 1900. The molecule has 5 aromatic rings. The molecule has 0 fully saturated rings. The van der Waals surface area contributed by atoms with E-state index in [4.69, 9.17) is 4.74 Å². The predicted molar refractivity (Wildman–Crippen MR) is 134 cm³/mol. The van der Waals surface area contributed by atoms with Crippen molar-refractivity contribution in [1.82, 2.24) is 19.1 Å². The zero-order valence-corrected chi connectivity index (χ0v) is 19.0. The SMILES string of the molecule is O=c1[nH]c(=O)n(-c2ccccc2)c(O)c1[C@@H]1c2ccccc2Oc2[nH]c(=O)n(-c3ccccc3)c(=O)c21. The molecule has 10 heteroatoms. The maximum Gasteiger partial charge on any atom is 0.335 e. The topological polar surface area (TPSA) is 139 Å². The lowest BCUT2D eigenvalue weighted by Crippen LogP contribution is -2.40. The Hall–Kier alpha value is -5.38. The lowest BCUT2D eigenvalue weighted by Gasteiger charge is -2.28. The van der Waals surface area contributed by atoms with Crippen molar-refractivity contribution in [3.8, 4) is 28.9 Å². The molecule has 6 rings (SSSR count). The molecule has 1 aliphatic rings. The monoisotopic (exact) mass is 494 g/mol. The van der Waals surface area contributed by atoms with Crippen LogP contribution in [0, 0.1) is 0 Å². The Morgan fingerprint density at radius 1 is 0.676 bits per heavy atom. The van der Waals surface area contributed by atoms with E-state index in [2.05, 4.69) is 9.97 Å². The van der Waals surface area contributed by atoms with Crippen LogP contribution in [-0.2, 0) is 0 Å². The summed E-state index contributed by atoms with van der Waals surface area (Å²) in [5, 5.41) is 11.4. The number of aromatic hydroxyl groups is 1. The summed E-state index contributed by atoms with van der Waals surface area (Å²) in [6.45, 7) is 0. The average Bonchev–Trinajstić information content (AvgIpc) is 2.89. The summed E-state index contributed by atoms with van der Waals surface area (Å²) >= 11 is 0. The van der Waals surface area contributed by atoms with Crippen molar-refractivity contribution in [2.75, 3.05) is 0 Å². The maximum absolute atomic E-state index is 13.9. The number of fused-ring (bicyclic) bond motifs is 2. The Morgan fingerprint density at radius 2 is 1.24 bits per heavy atom. The molecule has 1 aliphatic heterocycles. The van der Waals surface area contributed by atoms with Gasteiger partial charge in [0.05, 0.1) is 28.4 Å². The first-order valence-corrected chi connectivity index (χ1v) is 11.3. The van der Waals surface area contributed by atoms with Gasteiger partial charge in [0.2, 0.25) is 11.8 Å². The Morgan fingerprint density at radius 3 is 1.92 bits per heavy atom. The van der Waals surface area contributed by atoms with Gasteiger partial charge in [0.1, 0.15) is 5.75 Å². The third-order valence-corrected chi connectivity index (χ3v) is 6.27. The minimum absolute atomic E-state index is 0.0683. The van der Waals surface area contributed by atoms with Crippen LogP contribution >= 0.6 is 0 Å². The lowest BCUT2D eigenvalue weighted by atomic mass is 9.84. The highest BCUT2D eigenvalue weighted by molar-refractivity contribution is 5.58. The number of H-pyrrole nitrogens is 2. The Kier molecular flexibility index (Phi) is 5.01. The zero-order valence-electron chi connectivity index (χ0n) is 19.0. The van der Waals surface area contributed by atoms with Crippen LogP contribution in [0.3, 0.4) is 0 Å². The molecule has 0 amide bonds. The summed E-state index contributed by atoms with van der Waals surface area (Å²) in [5.74, 6) is -1.67. The molecule has 0 spiro atoms. The molecule has 0 unspecified atom stereocenters. The van der Waals surface area contributed by atoms with Crippen molar-refractivity contribution in [1.29, 1.82) is 0 Å². The smallest absolute Gasteiger partial charge is 0.335 e. The molecule has 0 saturated carbocycles. The highest BCUT2D eigenvalue weighted by atomic mass is 16.5. The van der Waals surface area contributed by atoms with Gasteiger partial charge in [0.25, 0.3) is 11.1 Å². The predicted octanol–water partition coefficient (Wildman–Crippen LogP) is 2.36. The number of hydrogen-bond donors (Lipinski definition) is 3. The second-order valence-electron chi connectivity index (χ2n) is 8.39. The highest BCUT2D eigenvalue weighted by Gasteiger charge is 2.37. The van der Waals surface area contributed by atoms with E-state index in [-0.39, 0.29) is 22.8 Å². The summed E-state index contributed by atoms with van der Waals surface area (Å²) in [4.78, 5) is 57.7. The molecule has 37 heavy (non-hydrogen) atoms. The summed E-state index contributed by atoms with van der Waals surface area (Å²) in [6.07, 6.45) is 0. The van der Waals surface area contributed by atoms with Crippen LogP contribution in [-0.4, -0.2) is 24.2 Å². The molecular formula is C27H18N4O6. The van der Waals surface area contributed by atoms with Gasteiger partial charge in [-0.2, -0.15) is 0 Å². The van der Waals surface area contributed by atoms with Gasteiger partial charge < -0.3 is 9.84 Å². The van der Waals surface area contributed by atoms with Gasteiger partial charge in [-0.05, 0) is 30.3 Å². The second kappa shape index (κ2) is 8.38. The molecule has 2 aromatic heterocycles. The van der Waals surface area contributed by atoms with Gasteiger partial charge >= 0.3 is 11.4 Å². The van der Waals surface area contributed by atoms with Gasteiger partial charge in [-0.1, -0.05) is 54.6 Å². The molecule has 0 radical (unpaired) electrons. The van der Waals surface area contributed by atoms with Crippen LogP contribution < -0.4 is 27.2 Å². The van der Waals surface area contributed by atoms with E-state index < -0.39 is 34.3 Å². The molecule has 1 atom stereocenters. The first-order valence-electron chi connectivity index (χ1n) is 11.3. The van der Waals surface area contributed by atoms with E-state index in [1.165, 1.54) is 0 Å². The van der Waals surface area contributed by atoms with Crippen molar-refractivity contribution in [3.63, 3.8) is 0 Å². The number of para-hydroxylation sites is 3. The average molecular weight is 494 g/mol. The number of nitrogens with zero attached hydrogens (tertiary/aromatic N) is 2. The Labute approximate surface area is 207 Å². The van der Waals surface area contributed by atoms with Crippen molar-refractivity contribution in [2.45, 2.75) is 5.92 Å². The number of benzene rings is 3. The second-order valence-corrected chi connectivity index (χ2v) is 8.39. The third-order valence-electron chi connectivity index (χ3n) is 6.27. The van der Waals surface area contributed by atoms with Crippen LogP contribution in [0.2, 0.25) is 0 Å². The largest absolute Gasteiger partial charge is 0.494 e. The van der Waals surface area contributed by atoms with Gasteiger partial charge in [-0.15, -0.1) is 0 Å². The number of nitrogens with one attached hydrogen (secondary N) is 2. The summed E-state index contributed by atoms with van der Waals surface area (Å²) in [7, 11) is 0. The van der Waals surface area contributed by atoms with E-state index in [1.807, 2.05) is 0 Å². The first-order chi connectivity index (χ1) is 18.0. The van der Waals surface area contributed by atoms with Crippen LogP contribution in [0.5, 0.6) is 17.5 Å². The molecule has 3 heterocycles. The van der Waals surface area contributed by atoms with Gasteiger partial charge in [-0.3, -0.25) is 19.6 Å². The van der Waals surface area contributed by atoms with Crippen LogP contribution in [0.15, 0.2) is 104 Å². The van der Waals surface area contributed by atoms with Crippen molar-refractivity contribution >= 4 is 0 Å². The van der Waals surface area contributed by atoms with Gasteiger partial charge in [-0.25, -0.2) is 18.7 Å². The molecule has 10 nitrogen and oxygen atoms in total. The van der Waals surface area contributed by atoms with E-state index in [9.17, 15) is 24.3 Å². The molecule has 0 bridgehead atoms. The molecule has 3 N–H and O–H groups in total. The standard InChI is InChI=1S/C27H18N4O6/c32-22-20(24(33)30(26(35)28-22)15-9-3-1-4-10-15)19-17-13-7-8-14-18(17)37-23-21(19)25(34)31(27(36)29-23)16-11-5-2-6-12-16/h1-14,19,33H,(H,29,36)(H,28,32,35)/t19-/m0/s1. The molecular weight excluding hydrogens is 476 g/mol. The molecule has 3 aromatic carbocycles. The van der Waals surface area contributed by atoms with Crippen molar-refractivity contribution in [3.05, 3.63) is 143 Å². The van der Waals surface area contributed by atoms with Crippen LogP contribution in [0.4, 0.5) is 0 Å². The summed E-state index contributed by atoms with van der Waals surface area (Å²) in [6, 6.07) is 23.2. The lowest BCUT2D eigenvalue weighted by molar-refractivity contribution is 0.406. The number of aromatic amines is 2. The van der Waals surface area contributed by atoms with Crippen molar-refractivity contribution in [2.24, 2.45) is 0 Å². The number of hydrogen-bond acceptors (Lipinski definition) is 6. The summed E-state index contributed by atoms with van der Waals surface area (Å²) in [5.41, 5.74) is -2.49. The first kappa shape index (κ1) is 22.1. The van der Waals surface area contributed by atoms with E-state index in [0.29, 0.717) is 16.9 Å². The van der Waals surface area contributed by atoms with E-state index >= 15 is 0 Å². The fourth-order valence-corrected chi connectivity index (χ4v) is 4.67. The minimum Gasteiger partial charge on any atom is -0.494 e. The normalized spacial score (nSPS) is 13.9. The number of rotatable bonds is 3. The number of ether oxygens (including phenoxy) is 1. The third kappa shape index (κ3) is 3.42. The zero-order chi connectivity index (χ0) is 25.7. The maximum atomic E-state index is 13.9. The Balaban J connectivity index is 1.72. The van der Waals surface area contributed by atoms with E-state index in [1.54, 1.807) is 84.9 Å². The highest BCUT2D eigenvalue weighted by Crippen LogP contribution is 2.45. The van der Waals surface area contributed by atoms with E-state index in [0.717, 1.165) is 9.13 Å². The molecule has 0 aliphatic carbocycles. The quantitative estimate of drug-likeness (QED) is 0.345. The van der Waals surface area contributed by atoms with Gasteiger partial charge in [0, 0.05) is 5.56 Å². The van der Waals surface area contributed by atoms with Crippen molar-refractivity contribution < 1.29 is 9.84 Å². The molecule has 182 valence electrons.